The third-order valence-corrected chi connectivity index (χ3v) is 5.45. The molecule has 0 aliphatic carbocycles. The molecule has 0 saturated carbocycles. The number of primary amides is 1. The van der Waals surface area contributed by atoms with Gasteiger partial charge in [-0.25, -0.2) is 4.79 Å². The Labute approximate surface area is 186 Å². The molecule has 0 aliphatic rings. The van der Waals surface area contributed by atoms with Crippen LogP contribution in [-0.4, -0.2) is 70.9 Å². The number of carboxylic acid groups (broad SMARTS) is 1. The lowest BCUT2D eigenvalue weighted by Crippen LogP contribution is -2.57. The smallest absolute Gasteiger partial charge is 0.326 e. The lowest BCUT2D eigenvalue weighted by Gasteiger charge is -2.25. The summed E-state index contributed by atoms with van der Waals surface area (Å²) in [6.45, 7) is 4.96. The van der Waals surface area contributed by atoms with Crippen LogP contribution in [0, 0.1) is 5.92 Å². The molecule has 0 aliphatic heterocycles. The van der Waals surface area contributed by atoms with Gasteiger partial charge in [0.2, 0.25) is 23.6 Å². The van der Waals surface area contributed by atoms with Crippen LogP contribution in [0.25, 0.3) is 0 Å². The number of rotatable bonds is 15. The van der Waals surface area contributed by atoms with Crippen LogP contribution >= 0.6 is 11.8 Å². The van der Waals surface area contributed by atoms with Crippen LogP contribution < -0.4 is 27.4 Å². The normalized spacial score (nSPS) is 15.6. The molecule has 5 atom stereocenters. The Morgan fingerprint density at radius 1 is 0.968 bits per heavy atom. The van der Waals surface area contributed by atoms with Gasteiger partial charge in [-0.3, -0.25) is 19.2 Å². The average Bonchev–Trinajstić information content (AvgIpc) is 2.71. The van der Waals surface area contributed by atoms with Gasteiger partial charge >= 0.3 is 5.97 Å². The third kappa shape index (κ3) is 11.0. The summed E-state index contributed by atoms with van der Waals surface area (Å²) in [5.41, 5.74) is 10.7. The second kappa shape index (κ2) is 14.6. The SMILES string of the molecule is CCC(C)C(NC(=O)C(CCSC)NC(=O)C(C)NC(=O)C(N)CCC(N)=O)C(=O)O. The predicted octanol–water partition coefficient (Wildman–Crippen LogP) is -1.06. The molecule has 0 fully saturated rings. The minimum atomic E-state index is -1.15. The van der Waals surface area contributed by atoms with Gasteiger partial charge in [0.25, 0.3) is 0 Å². The molecule has 0 radical (unpaired) electrons. The van der Waals surface area contributed by atoms with E-state index in [9.17, 15) is 29.1 Å². The lowest BCUT2D eigenvalue weighted by atomic mass is 9.98. The van der Waals surface area contributed by atoms with Crippen molar-refractivity contribution in [2.75, 3.05) is 12.0 Å². The Hall–Kier alpha value is -2.34. The zero-order chi connectivity index (χ0) is 24.1. The fraction of sp³-hybridized carbons (Fsp3) is 0.737. The summed E-state index contributed by atoms with van der Waals surface area (Å²) in [5.74, 6) is -3.33. The Morgan fingerprint density at radius 3 is 2.06 bits per heavy atom. The molecule has 5 unspecified atom stereocenters. The highest BCUT2D eigenvalue weighted by Crippen LogP contribution is 2.09. The van der Waals surface area contributed by atoms with E-state index < -0.39 is 53.8 Å². The van der Waals surface area contributed by atoms with Gasteiger partial charge in [-0.1, -0.05) is 20.3 Å². The fourth-order valence-electron chi connectivity index (χ4n) is 2.55. The number of carbonyl (C=O) groups is 5. The number of carbonyl (C=O) groups excluding carboxylic acids is 4. The molecule has 0 heterocycles. The zero-order valence-electron chi connectivity index (χ0n) is 18.5. The lowest BCUT2D eigenvalue weighted by molar-refractivity contribution is -0.143. The van der Waals surface area contributed by atoms with E-state index in [0.29, 0.717) is 12.2 Å². The molecule has 8 N–H and O–H groups in total. The van der Waals surface area contributed by atoms with Crippen molar-refractivity contribution in [3.05, 3.63) is 0 Å². The van der Waals surface area contributed by atoms with Crippen LogP contribution in [0.1, 0.15) is 46.5 Å². The maximum absolute atomic E-state index is 12.7. The number of amides is 4. The Bertz CT molecular complexity index is 647. The molecule has 12 heteroatoms. The summed E-state index contributed by atoms with van der Waals surface area (Å²) in [6.07, 6.45) is 2.66. The number of nitrogens with two attached hydrogens (primary N) is 2. The minimum absolute atomic E-state index is 0.0421. The van der Waals surface area contributed by atoms with Crippen molar-refractivity contribution in [3.8, 4) is 0 Å². The van der Waals surface area contributed by atoms with E-state index in [1.165, 1.54) is 18.7 Å². The topological polar surface area (TPSA) is 194 Å². The molecule has 0 aromatic heterocycles. The summed E-state index contributed by atoms with van der Waals surface area (Å²) >= 11 is 1.47. The van der Waals surface area contributed by atoms with Crippen molar-refractivity contribution in [2.45, 2.75) is 70.6 Å². The molecular weight excluding hydrogens is 426 g/mol. The molecule has 178 valence electrons. The molecule has 0 aromatic carbocycles. The average molecular weight is 462 g/mol. The van der Waals surface area contributed by atoms with Crippen LogP contribution in [0.5, 0.6) is 0 Å². The van der Waals surface area contributed by atoms with Crippen molar-refractivity contribution < 1.29 is 29.1 Å². The van der Waals surface area contributed by atoms with Gasteiger partial charge in [-0.2, -0.15) is 11.8 Å². The summed E-state index contributed by atoms with van der Waals surface area (Å²) in [7, 11) is 0. The fourth-order valence-corrected chi connectivity index (χ4v) is 3.02. The van der Waals surface area contributed by atoms with Crippen molar-refractivity contribution >= 4 is 41.4 Å². The van der Waals surface area contributed by atoms with E-state index in [2.05, 4.69) is 16.0 Å². The van der Waals surface area contributed by atoms with Crippen molar-refractivity contribution in [2.24, 2.45) is 17.4 Å². The van der Waals surface area contributed by atoms with Crippen molar-refractivity contribution in [3.63, 3.8) is 0 Å². The molecular formula is C19H35N5O6S. The van der Waals surface area contributed by atoms with Gasteiger partial charge in [0.05, 0.1) is 6.04 Å². The molecule has 0 rings (SSSR count). The summed E-state index contributed by atoms with van der Waals surface area (Å²) in [5, 5.41) is 16.9. The highest BCUT2D eigenvalue weighted by Gasteiger charge is 2.30. The third-order valence-electron chi connectivity index (χ3n) is 4.81. The zero-order valence-corrected chi connectivity index (χ0v) is 19.3. The van der Waals surface area contributed by atoms with Gasteiger partial charge in [-0.15, -0.1) is 0 Å². The standard InChI is InChI=1S/C19H35N5O6S/c1-5-10(2)15(19(29)30)24-18(28)13(8-9-31-4)23-16(26)11(3)22-17(27)12(20)6-7-14(21)25/h10-13,15H,5-9,20H2,1-4H3,(H2,21,25)(H,22,27)(H,23,26)(H,24,28)(H,29,30). The van der Waals surface area contributed by atoms with Gasteiger partial charge in [0, 0.05) is 6.42 Å². The molecule has 0 saturated heterocycles. The van der Waals surface area contributed by atoms with Crippen LogP contribution in [-0.2, 0) is 24.0 Å². The van der Waals surface area contributed by atoms with E-state index in [4.69, 9.17) is 11.5 Å². The van der Waals surface area contributed by atoms with Crippen LogP contribution in [0.3, 0.4) is 0 Å². The van der Waals surface area contributed by atoms with E-state index in [1.807, 2.05) is 13.2 Å². The first-order valence-electron chi connectivity index (χ1n) is 10.1. The summed E-state index contributed by atoms with van der Waals surface area (Å²) < 4.78 is 0. The number of carboxylic acids is 1. The highest BCUT2D eigenvalue weighted by atomic mass is 32.2. The second-order valence-electron chi connectivity index (χ2n) is 7.39. The number of hydrogen-bond donors (Lipinski definition) is 6. The number of aliphatic carboxylic acids is 1. The van der Waals surface area contributed by atoms with Crippen LogP contribution in [0.4, 0.5) is 0 Å². The number of nitrogens with one attached hydrogen (secondary N) is 3. The van der Waals surface area contributed by atoms with E-state index in [1.54, 1.807) is 6.92 Å². The number of hydrogen-bond acceptors (Lipinski definition) is 7. The largest absolute Gasteiger partial charge is 0.480 e. The maximum atomic E-state index is 12.7. The van der Waals surface area contributed by atoms with E-state index >= 15 is 0 Å². The Balaban J connectivity index is 5.06. The van der Waals surface area contributed by atoms with Crippen LogP contribution in [0.2, 0.25) is 0 Å². The quantitative estimate of drug-likeness (QED) is 0.177. The molecule has 31 heavy (non-hydrogen) atoms. The minimum Gasteiger partial charge on any atom is -0.480 e. The van der Waals surface area contributed by atoms with Gasteiger partial charge in [0.1, 0.15) is 18.1 Å². The van der Waals surface area contributed by atoms with Gasteiger partial charge < -0.3 is 32.5 Å². The molecule has 4 amide bonds. The summed E-state index contributed by atoms with van der Waals surface area (Å²) in [6, 6.07) is -4.05. The molecule has 0 aromatic rings. The van der Waals surface area contributed by atoms with Crippen molar-refractivity contribution in [1.29, 1.82) is 0 Å². The molecule has 0 spiro atoms. The maximum Gasteiger partial charge on any atom is 0.326 e. The van der Waals surface area contributed by atoms with Crippen LogP contribution in [0.15, 0.2) is 0 Å². The number of thioether (sulfide) groups is 1. The van der Waals surface area contributed by atoms with E-state index in [-0.39, 0.29) is 25.2 Å². The first-order chi connectivity index (χ1) is 14.4. The van der Waals surface area contributed by atoms with Gasteiger partial charge in [0.15, 0.2) is 0 Å². The monoisotopic (exact) mass is 461 g/mol. The van der Waals surface area contributed by atoms with Crippen molar-refractivity contribution in [1.82, 2.24) is 16.0 Å². The first kappa shape index (κ1) is 28.7. The Morgan fingerprint density at radius 2 is 1.58 bits per heavy atom. The predicted molar refractivity (Wildman–Crippen MR) is 118 cm³/mol. The van der Waals surface area contributed by atoms with Gasteiger partial charge in [-0.05, 0) is 37.7 Å². The van der Waals surface area contributed by atoms with E-state index in [0.717, 1.165) is 0 Å². The second-order valence-corrected chi connectivity index (χ2v) is 8.38. The summed E-state index contributed by atoms with van der Waals surface area (Å²) in [4.78, 5) is 59.5. The molecule has 11 nitrogen and oxygen atoms in total. The first-order valence-corrected chi connectivity index (χ1v) is 11.5. The molecule has 0 bridgehead atoms. The Kier molecular flexibility index (Phi) is 13.5. The highest BCUT2D eigenvalue weighted by molar-refractivity contribution is 7.98.